The van der Waals surface area contributed by atoms with E-state index in [0.717, 1.165) is 0 Å². The molecule has 118 valence electrons. The second kappa shape index (κ2) is 6.46. The molecule has 1 heterocycles. The number of nitrogens with one attached hydrogen (secondary N) is 2. The first kappa shape index (κ1) is 15.8. The summed E-state index contributed by atoms with van der Waals surface area (Å²) in [5.74, 6) is -1.32. The number of carboxylic acid groups (broad SMARTS) is 1. The van der Waals surface area contributed by atoms with E-state index in [0.29, 0.717) is 11.4 Å². The molecule has 7 nitrogen and oxygen atoms in total. The average molecular weight is 305 g/mol. The summed E-state index contributed by atoms with van der Waals surface area (Å²) in [5.41, 5.74) is 1.17. The summed E-state index contributed by atoms with van der Waals surface area (Å²) in [6.07, 6.45) is -0.167. The number of amides is 3. The van der Waals surface area contributed by atoms with Gasteiger partial charge in [0.05, 0.1) is 17.8 Å². The smallest absolute Gasteiger partial charge is 0.322 e. The molecule has 1 aliphatic heterocycles. The van der Waals surface area contributed by atoms with E-state index in [1.807, 2.05) is 13.8 Å². The third-order valence-corrected chi connectivity index (χ3v) is 3.43. The SMILES string of the molecule is CC(C)C1C(=O)Nc2ccccc2N1C(=O)NCCC(=O)O. The molecule has 0 aliphatic carbocycles. The third-order valence-electron chi connectivity index (χ3n) is 3.43. The number of rotatable bonds is 4. The van der Waals surface area contributed by atoms with Crippen LogP contribution in [0.15, 0.2) is 24.3 Å². The van der Waals surface area contributed by atoms with Crippen LogP contribution in [0.4, 0.5) is 16.2 Å². The molecular formula is C15H19N3O4. The highest BCUT2D eigenvalue weighted by molar-refractivity contribution is 6.11. The highest BCUT2D eigenvalue weighted by Gasteiger charge is 2.38. The Morgan fingerprint density at radius 3 is 2.68 bits per heavy atom. The Morgan fingerprint density at radius 2 is 2.05 bits per heavy atom. The van der Waals surface area contributed by atoms with Gasteiger partial charge in [0, 0.05) is 6.54 Å². The predicted octanol–water partition coefficient (Wildman–Crippen LogP) is 1.65. The Labute approximate surface area is 128 Å². The molecule has 1 aromatic carbocycles. The molecule has 22 heavy (non-hydrogen) atoms. The first-order valence-electron chi connectivity index (χ1n) is 7.10. The maximum absolute atomic E-state index is 12.4. The van der Waals surface area contributed by atoms with Crippen molar-refractivity contribution in [3.63, 3.8) is 0 Å². The number of carbonyl (C=O) groups is 3. The van der Waals surface area contributed by atoms with Crippen molar-refractivity contribution in [1.29, 1.82) is 0 Å². The summed E-state index contributed by atoms with van der Waals surface area (Å²) in [7, 11) is 0. The van der Waals surface area contributed by atoms with Crippen LogP contribution in [0.2, 0.25) is 0 Å². The molecule has 0 saturated carbocycles. The number of fused-ring (bicyclic) bond motifs is 1. The van der Waals surface area contributed by atoms with Gasteiger partial charge in [-0.3, -0.25) is 14.5 Å². The fourth-order valence-electron chi connectivity index (χ4n) is 2.46. The number of anilines is 2. The number of aliphatic carboxylic acids is 1. The van der Waals surface area contributed by atoms with Gasteiger partial charge in [-0.2, -0.15) is 0 Å². The maximum Gasteiger partial charge on any atom is 0.322 e. The van der Waals surface area contributed by atoms with E-state index in [1.54, 1.807) is 24.3 Å². The molecule has 2 rings (SSSR count). The zero-order valence-electron chi connectivity index (χ0n) is 12.5. The minimum atomic E-state index is -0.988. The van der Waals surface area contributed by atoms with Crippen molar-refractivity contribution in [2.45, 2.75) is 26.3 Å². The minimum absolute atomic E-state index is 0.0132. The molecule has 1 unspecified atom stereocenters. The number of hydrogen-bond donors (Lipinski definition) is 3. The van der Waals surface area contributed by atoms with E-state index in [1.165, 1.54) is 4.90 Å². The Bertz CT molecular complexity index is 600. The first-order chi connectivity index (χ1) is 10.4. The number of nitrogens with zero attached hydrogens (tertiary/aromatic N) is 1. The third kappa shape index (κ3) is 3.19. The Balaban J connectivity index is 2.28. The van der Waals surface area contributed by atoms with Crippen molar-refractivity contribution in [3.05, 3.63) is 24.3 Å². The van der Waals surface area contributed by atoms with Crippen LogP contribution in [-0.2, 0) is 9.59 Å². The predicted molar refractivity (Wildman–Crippen MR) is 81.8 cm³/mol. The summed E-state index contributed by atoms with van der Waals surface area (Å²) < 4.78 is 0. The van der Waals surface area contributed by atoms with Crippen molar-refractivity contribution in [2.75, 3.05) is 16.8 Å². The lowest BCUT2D eigenvalue weighted by Crippen LogP contribution is -2.56. The number of para-hydroxylation sites is 2. The summed E-state index contributed by atoms with van der Waals surface area (Å²) in [4.78, 5) is 36.7. The average Bonchev–Trinajstić information content (AvgIpc) is 2.44. The van der Waals surface area contributed by atoms with Crippen LogP contribution in [0.1, 0.15) is 20.3 Å². The molecule has 0 bridgehead atoms. The van der Waals surface area contributed by atoms with Gasteiger partial charge in [0.1, 0.15) is 6.04 Å². The molecule has 3 N–H and O–H groups in total. The van der Waals surface area contributed by atoms with Gasteiger partial charge in [-0.25, -0.2) is 4.79 Å². The van der Waals surface area contributed by atoms with E-state index in [2.05, 4.69) is 10.6 Å². The highest BCUT2D eigenvalue weighted by Crippen LogP contribution is 2.33. The first-order valence-corrected chi connectivity index (χ1v) is 7.10. The Kier molecular flexibility index (Phi) is 4.65. The van der Waals surface area contributed by atoms with Crippen molar-refractivity contribution in [3.8, 4) is 0 Å². The fraction of sp³-hybridized carbons (Fsp3) is 0.400. The molecule has 0 fully saturated rings. The van der Waals surface area contributed by atoms with Crippen molar-refractivity contribution >= 4 is 29.3 Å². The zero-order chi connectivity index (χ0) is 16.3. The van der Waals surface area contributed by atoms with Gasteiger partial charge < -0.3 is 15.7 Å². The number of carboxylic acids is 1. The normalized spacial score (nSPS) is 17.0. The monoisotopic (exact) mass is 305 g/mol. The summed E-state index contributed by atoms with van der Waals surface area (Å²) in [6, 6.07) is 5.92. The van der Waals surface area contributed by atoms with Gasteiger partial charge >= 0.3 is 12.0 Å². The van der Waals surface area contributed by atoms with Crippen LogP contribution in [0.5, 0.6) is 0 Å². The minimum Gasteiger partial charge on any atom is -0.481 e. The van der Waals surface area contributed by atoms with Gasteiger partial charge in [-0.15, -0.1) is 0 Å². The lowest BCUT2D eigenvalue weighted by atomic mass is 9.98. The van der Waals surface area contributed by atoms with Gasteiger partial charge in [0.2, 0.25) is 5.91 Å². The van der Waals surface area contributed by atoms with Crippen molar-refractivity contribution in [1.82, 2.24) is 5.32 Å². The highest BCUT2D eigenvalue weighted by atomic mass is 16.4. The summed E-state index contributed by atoms with van der Waals surface area (Å²) in [6.45, 7) is 3.73. The molecular weight excluding hydrogens is 286 g/mol. The topological polar surface area (TPSA) is 98.7 Å². The molecule has 0 aromatic heterocycles. The van der Waals surface area contributed by atoms with Gasteiger partial charge in [-0.1, -0.05) is 26.0 Å². The van der Waals surface area contributed by atoms with Crippen LogP contribution in [0, 0.1) is 5.92 Å². The number of carbonyl (C=O) groups excluding carboxylic acids is 2. The van der Waals surface area contributed by atoms with E-state index in [-0.39, 0.29) is 24.8 Å². The van der Waals surface area contributed by atoms with Crippen LogP contribution in [-0.4, -0.2) is 35.6 Å². The lowest BCUT2D eigenvalue weighted by Gasteiger charge is -2.38. The van der Waals surface area contributed by atoms with Crippen molar-refractivity contribution in [2.24, 2.45) is 5.92 Å². The molecule has 1 aliphatic rings. The van der Waals surface area contributed by atoms with Gasteiger partial charge in [-0.05, 0) is 18.1 Å². The van der Waals surface area contributed by atoms with Crippen LogP contribution < -0.4 is 15.5 Å². The summed E-state index contributed by atoms with van der Waals surface area (Å²) in [5, 5.41) is 14.0. The molecule has 7 heteroatoms. The second-order valence-electron chi connectivity index (χ2n) is 5.44. The van der Waals surface area contributed by atoms with Crippen LogP contribution >= 0.6 is 0 Å². The zero-order valence-corrected chi connectivity index (χ0v) is 12.5. The van der Waals surface area contributed by atoms with E-state index in [4.69, 9.17) is 5.11 Å². The second-order valence-corrected chi connectivity index (χ2v) is 5.44. The standard InChI is InChI=1S/C15H19N3O4/c1-9(2)13-14(21)17-10-5-3-4-6-11(10)18(13)15(22)16-8-7-12(19)20/h3-6,9,13H,7-8H2,1-2H3,(H,16,22)(H,17,21)(H,19,20). The Hall–Kier alpha value is -2.57. The Morgan fingerprint density at radius 1 is 1.36 bits per heavy atom. The largest absolute Gasteiger partial charge is 0.481 e. The fourth-order valence-corrected chi connectivity index (χ4v) is 2.46. The molecule has 0 saturated heterocycles. The number of benzene rings is 1. The molecule has 1 atom stereocenters. The lowest BCUT2D eigenvalue weighted by molar-refractivity contribution is -0.136. The molecule has 0 spiro atoms. The van der Waals surface area contributed by atoms with E-state index < -0.39 is 18.0 Å². The number of urea groups is 1. The van der Waals surface area contributed by atoms with Crippen LogP contribution in [0.3, 0.4) is 0 Å². The molecule has 0 radical (unpaired) electrons. The molecule has 1 aromatic rings. The van der Waals surface area contributed by atoms with Crippen LogP contribution in [0.25, 0.3) is 0 Å². The summed E-state index contributed by atoms with van der Waals surface area (Å²) >= 11 is 0. The molecule has 3 amide bonds. The van der Waals surface area contributed by atoms with Gasteiger partial charge in [0.25, 0.3) is 0 Å². The van der Waals surface area contributed by atoms with Crippen molar-refractivity contribution < 1.29 is 19.5 Å². The van der Waals surface area contributed by atoms with Gasteiger partial charge in [0.15, 0.2) is 0 Å². The maximum atomic E-state index is 12.4. The quantitative estimate of drug-likeness (QED) is 0.787. The van der Waals surface area contributed by atoms with E-state index in [9.17, 15) is 14.4 Å². The van der Waals surface area contributed by atoms with E-state index >= 15 is 0 Å². The number of hydrogen-bond acceptors (Lipinski definition) is 3.